The Kier molecular flexibility index (Phi) is 4.00. The molecule has 0 amide bonds. The van der Waals surface area contributed by atoms with Crippen molar-refractivity contribution < 1.29 is 0 Å². The molecule has 0 radical (unpaired) electrons. The highest BCUT2D eigenvalue weighted by molar-refractivity contribution is 6.37. The summed E-state index contributed by atoms with van der Waals surface area (Å²) in [5.74, 6) is 1.12. The maximum absolute atomic E-state index is 6.21. The number of aromatic nitrogens is 1. The van der Waals surface area contributed by atoms with E-state index in [0.717, 1.165) is 12.4 Å². The minimum Gasteiger partial charge on any atom is -0.382 e. The third-order valence-corrected chi connectivity index (χ3v) is 3.84. The van der Waals surface area contributed by atoms with Crippen LogP contribution in [-0.4, -0.2) is 17.6 Å². The van der Waals surface area contributed by atoms with Crippen LogP contribution < -0.4 is 10.6 Å². The summed E-state index contributed by atoms with van der Waals surface area (Å²) in [5, 5.41) is 0.999. The number of pyridine rings is 1. The van der Waals surface area contributed by atoms with Gasteiger partial charge in [-0.05, 0) is 25.8 Å². The molecule has 1 saturated heterocycles. The van der Waals surface area contributed by atoms with Crippen molar-refractivity contribution in [1.82, 2.24) is 4.98 Å². The fourth-order valence-electron chi connectivity index (χ4n) is 2.26. The molecular weight excluding hydrogens is 257 g/mol. The number of nitrogens with two attached hydrogens (primary N) is 1. The van der Waals surface area contributed by atoms with E-state index in [0.29, 0.717) is 21.9 Å². The zero-order valence-corrected chi connectivity index (χ0v) is 11.4. The van der Waals surface area contributed by atoms with Crippen molar-refractivity contribution in [3.63, 3.8) is 0 Å². The predicted molar refractivity (Wildman–Crippen MR) is 73.9 cm³/mol. The Labute approximate surface area is 112 Å². The first-order valence-electron chi connectivity index (χ1n) is 5.97. The van der Waals surface area contributed by atoms with Crippen LogP contribution in [0.3, 0.4) is 0 Å². The Hall–Kier alpha value is -0.670. The lowest BCUT2D eigenvalue weighted by Crippen LogP contribution is -2.33. The number of halogens is 2. The van der Waals surface area contributed by atoms with Crippen LogP contribution in [0.2, 0.25) is 10.0 Å². The Balaban J connectivity index is 2.34. The van der Waals surface area contributed by atoms with Gasteiger partial charge in [-0.1, -0.05) is 36.0 Å². The Morgan fingerprint density at radius 3 is 2.82 bits per heavy atom. The van der Waals surface area contributed by atoms with Gasteiger partial charge in [0.2, 0.25) is 0 Å². The summed E-state index contributed by atoms with van der Waals surface area (Å²) in [5.41, 5.74) is 5.75. The molecule has 2 N–H and O–H groups in total. The molecule has 2 rings (SSSR count). The second-order valence-electron chi connectivity index (χ2n) is 4.55. The van der Waals surface area contributed by atoms with Crippen molar-refractivity contribution in [2.24, 2.45) is 0 Å². The van der Waals surface area contributed by atoms with Crippen LogP contribution in [0.25, 0.3) is 0 Å². The Morgan fingerprint density at radius 2 is 2.06 bits per heavy atom. The molecule has 1 aliphatic rings. The molecule has 94 valence electrons. The van der Waals surface area contributed by atoms with Crippen LogP contribution in [-0.2, 0) is 0 Å². The molecule has 0 aromatic carbocycles. The van der Waals surface area contributed by atoms with Crippen LogP contribution >= 0.6 is 23.2 Å². The zero-order chi connectivity index (χ0) is 12.4. The van der Waals surface area contributed by atoms with Crippen molar-refractivity contribution in [3.8, 4) is 0 Å². The minimum atomic E-state index is 0.350. The van der Waals surface area contributed by atoms with Crippen LogP contribution in [0.15, 0.2) is 6.07 Å². The van der Waals surface area contributed by atoms with Gasteiger partial charge in [0.25, 0.3) is 0 Å². The first-order valence-corrected chi connectivity index (χ1v) is 6.73. The van der Waals surface area contributed by atoms with Gasteiger partial charge in [-0.15, -0.1) is 0 Å². The van der Waals surface area contributed by atoms with Gasteiger partial charge in [-0.3, -0.25) is 0 Å². The van der Waals surface area contributed by atoms with Gasteiger partial charge in [-0.25, -0.2) is 4.98 Å². The topological polar surface area (TPSA) is 42.2 Å². The monoisotopic (exact) mass is 273 g/mol. The first kappa shape index (κ1) is 12.8. The quantitative estimate of drug-likeness (QED) is 0.848. The van der Waals surface area contributed by atoms with E-state index in [-0.39, 0.29) is 0 Å². The SMILES string of the molecule is CC1CCCCCN1c1nc(N)c(Cl)cc1Cl. The summed E-state index contributed by atoms with van der Waals surface area (Å²) in [7, 11) is 0. The number of hydrogen-bond acceptors (Lipinski definition) is 3. The molecule has 1 aliphatic heterocycles. The predicted octanol–water partition coefficient (Wildman–Crippen LogP) is 3.74. The maximum atomic E-state index is 6.21. The van der Waals surface area contributed by atoms with Crippen LogP contribution in [0.4, 0.5) is 11.6 Å². The smallest absolute Gasteiger partial charge is 0.150 e. The third kappa shape index (κ3) is 2.78. The molecule has 1 aromatic heterocycles. The average Bonchev–Trinajstić information content (AvgIpc) is 2.49. The number of anilines is 2. The molecule has 17 heavy (non-hydrogen) atoms. The van der Waals surface area contributed by atoms with E-state index in [4.69, 9.17) is 28.9 Å². The van der Waals surface area contributed by atoms with E-state index < -0.39 is 0 Å². The molecule has 1 atom stereocenters. The Morgan fingerprint density at radius 1 is 1.29 bits per heavy atom. The Bertz CT molecular complexity index is 409. The van der Waals surface area contributed by atoms with Crippen molar-refractivity contribution in [1.29, 1.82) is 0 Å². The summed E-state index contributed by atoms with van der Waals surface area (Å²) < 4.78 is 0. The molecule has 0 bridgehead atoms. The van der Waals surface area contributed by atoms with Gasteiger partial charge in [0.1, 0.15) is 11.6 Å². The minimum absolute atomic E-state index is 0.350. The number of nitrogens with zero attached hydrogens (tertiary/aromatic N) is 2. The van der Waals surface area contributed by atoms with Crippen LogP contribution in [0.1, 0.15) is 32.6 Å². The van der Waals surface area contributed by atoms with E-state index >= 15 is 0 Å². The van der Waals surface area contributed by atoms with Crippen LogP contribution in [0, 0.1) is 0 Å². The van der Waals surface area contributed by atoms with Crippen molar-refractivity contribution in [2.75, 3.05) is 17.2 Å². The van der Waals surface area contributed by atoms with Gasteiger partial charge in [0.15, 0.2) is 0 Å². The summed E-state index contributed by atoms with van der Waals surface area (Å²) in [4.78, 5) is 6.57. The fraction of sp³-hybridized carbons (Fsp3) is 0.583. The lowest BCUT2D eigenvalue weighted by atomic mass is 10.1. The highest BCUT2D eigenvalue weighted by atomic mass is 35.5. The van der Waals surface area contributed by atoms with E-state index in [9.17, 15) is 0 Å². The largest absolute Gasteiger partial charge is 0.382 e. The van der Waals surface area contributed by atoms with Crippen LogP contribution in [0.5, 0.6) is 0 Å². The van der Waals surface area contributed by atoms with Gasteiger partial charge < -0.3 is 10.6 Å². The lowest BCUT2D eigenvalue weighted by Gasteiger charge is -2.29. The standard InChI is InChI=1S/C12H17Cl2N3/c1-8-5-3-2-4-6-17(8)12-10(14)7-9(13)11(15)16-12/h7-8H,2-6H2,1H3,(H2,15,16). The van der Waals surface area contributed by atoms with Gasteiger partial charge >= 0.3 is 0 Å². The number of hydrogen-bond donors (Lipinski definition) is 1. The zero-order valence-electron chi connectivity index (χ0n) is 9.92. The summed E-state index contributed by atoms with van der Waals surface area (Å²) >= 11 is 12.1. The van der Waals surface area contributed by atoms with E-state index in [2.05, 4.69) is 16.8 Å². The van der Waals surface area contributed by atoms with Gasteiger partial charge in [-0.2, -0.15) is 0 Å². The second-order valence-corrected chi connectivity index (χ2v) is 5.37. The lowest BCUT2D eigenvalue weighted by molar-refractivity contribution is 0.611. The molecule has 2 heterocycles. The molecule has 5 heteroatoms. The molecule has 0 spiro atoms. The molecule has 0 saturated carbocycles. The summed E-state index contributed by atoms with van der Waals surface area (Å²) in [6, 6.07) is 2.13. The second kappa shape index (κ2) is 5.32. The van der Waals surface area contributed by atoms with Crippen molar-refractivity contribution >= 4 is 34.8 Å². The van der Waals surface area contributed by atoms with Crippen molar-refractivity contribution in [3.05, 3.63) is 16.1 Å². The highest BCUT2D eigenvalue weighted by Gasteiger charge is 2.21. The van der Waals surface area contributed by atoms with Gasteiger partial charge in [0.05, 0.1) is 10.0 Å². The molecule has 3 nitrogen and oxygen atoms in total. The first-order chi connectivity index (χ1) is 8.09. The van der Waals surface area contributed by atoms with Gasteiger partial charge in [0, 0.05) is 12.6 Å². The van der Waals surface area contributed by atoms with E-state index in [1.54, 1.807) is 6.07 Å². The van der Waals surface area contributed by atoms with E-state index in [1.807, 2.05) is 0 Å². The summed E-state index contributed by atoms with van der Waals surface area (Å²) in [6.45, 7) is 3.18. The highest BCUT2D eigenvalue weighted by Crippen LogP contribution is 2.32. The van der Waals surface area contributed by atoms with E-state index in [1.165, 1.54) is 25.7 Å². The number of rotatable bonds is 1. The molecule has 0 aliphatic carbocycles. The average molecular weight is 274 g/mol. The van der Waals surface area contributed by atoms with Crippen molar-refractivity contribution in [2.45, 2.75) is 38.6 Å². The molecule has 1 fully saturated rings. The normalized spacial score (nSPS) is 21.4. The molecular formula is C12H17Cl2N3. The fourth-order valence-corrected chi connectivity index (χ4v) is 2.73. The molecule has 1 aromatic rings. The third-order valence-electron chi connectivity index (χ3n) is 3.26. The summed E-state index contributed by atoms with van der Waals surface area (Å²) in [6.07, 6.45) is 4.87. The molecule has 1 unspecified atom stereocenters. The number of nitrogen functional groups attached to an aromatic ring is 1. The maximum Gasteiger partial charge on any atom is 0.150 e.